The van der Waals surface area contributed by atoms with E-state index in [1.807, 2.05) is 12.1 Å². The lowest BCUT2D eigenvalue weighted by Gasteiger charge is -2.25. The van der Waals surface area contributed by atoms with Gasteiger partial charge in [-0.25, -0.2) is 0 Å². The van der Waals surface area contributed by atoms with E-state index in [4.69, 9.17) is 18.0 Å². The number of nitrogens with one attached hydrogen (secondary N) is 1. The number of thiocarbonyl (C=S) groups is 1. The van der Waals surface area contributed by atoms with E-state index in [1.165, 1.54) is 32.1 Å². The molecule has 0 heterocycles. The second-order valence-corrected chi connectivity index (χ2v) is 5.89. The van der Waals surface area contributed by atoms with Gasteiger partial charge in [0.05, 0.1) is 0 Å². The van der Waals surface area contributed by atoms with Crippen LogP contribution in [0.25, 0.3) is 0 Å². The van der Waals surface area contributed by atoms with Gasteiger partial charge in [-0.3, -0.25) is 0 Å². The molecule has 1 aromatic carbocycles. The highest BCUT2D eigenvalue weighted by atomic mass is 79.9. The summed E-state index contributed by atoms with van der Waals surface area (Å²) in [5, 5.41) is 3.57. The van der Waals surface area contributed by atoms with Gasteiger partial charge in [-0.15, -0.1) is 0 Å². The van der Waals surface area contributed by atoms with Crippen molar-refractivity contribution in [3.63, 3.8) is 0 Å². The van der Waals surface area contributed by atoms with Gasteiger partial charge in [-0.2, -0.15) is 0 Å². The molecule has 0 saturated heterocycles. The fraction of sp³-hybridized carbons (Fsp3) is 0.462. The predicted molar refractivity (Wildman–Crippen MR) is 80.5 cm³/mol. The summed E-state index contributed by atoms with van der Waals surface area (Å²) < 4.78 is 1.05. The van der Waals surface area contributed by atoms with E-state index >= 15 is 0 Å². The fourth-order valence-corrected chi connectivity index (χ4v) is 2.86. The van der Waals surface area contributed by atoms with E-state index in [0.29, 0.717) is 11.0 Å². The van der Waals surface area contributed by atoms with Crippen molar-refractivity contribution in [1.29, 1.82) is 0 Å². The van der Waals surface area contributed by atoms with Crippen molar-refractivity contribution in [3.8, 4) is 0 Å². The molecule has 1 aliphatic rings. The van der Waals surface area contributed by atoms with Crippen LogP contribution in [0.2, 0.25) is 0 Å². The quantitative estimate of drug-likeness (QED) is 0.833. The number of nitrogens with two attached hydrogens (primary N) is 1. The number of anilines is 1. The Labute approximate surface area is 116 Å². The molecule has 0 amide bonds. The van der Waals surface area contributed by atoms with Crippen molar-refractivity contribution in [2.75, 3.05) is 5.32 Å². The summed E-state index contributed by atoms with van der Waals surface area (Å²) in [5.41, 5.74) is 7.74. The molecule has 0 atom stereocenters. The van der Waals surface area contributed by atoms with Gasteiger partial charge >= 0.3 is 0 Å². The molecule has 0 radical (unpaired) electrons. The highest BCUT2D eigenvalue weighted by Gasteiger charge is 2.15. The van der Waals surface area contributed by atoms with E-state index in [-0.39, 0.29) is 0 Å². The maximum atomic E-state index is 5.75. The van der Waals surface area contributed by atoms with Crippen LogP contribution in [0.4, 0.5) is 5.69 Å². The first-order chi connectivity index (χ1) is 8.16. The van der Waals surface area contributed by atoms with Crippen LogP contribution in [0, 0.1) is 0 Å². The monoisotopic (exact) mass is 312 g/mol. The van der Waals surface area contributed by atoms with Gasteiger partial charge in [0, 0.05) is 21.8 Å². The van der Waals surface area contributed by atoms with Crippen molar-refractivity contribution >= 4 is 38.8 Å². The Morgan fingerprint density at radius 1 is 1.29 bits per heavy atom. The van der Waals surface area contributed by atoms with Gasteiger partial charge in [-0.05, 0) is 31.0 Å². The van der Waals surface area contributed by atoms with Crippen molar-refractivity contribution in [3.05, 3.63) is 28.2 Å². The van der Waals surface area contributed by atoms with Gasteiger partial charge < -0.3 is 11.1 Å². The van der Waals surface area contributed by atoms with Crippen LogP contribution < -0.4 is 11.1 Å². The second kappa shape index (κ2) is 5.83. The number of hydrogen-bond donors (Lipinski definition) is 2. The molecule has 17 heavy (non-hydrogen) atoms. The largest absolute Gasteiger partial charge is 0.389 e. The van der Waals surface area contributed by atoms with Crippen molar-refractivity contribution in [2.45, 2.75) is 38.1 Å². The minimum atomic E-state index is 0.454. The van der Waals surface area contributed by atoms with Gasteiger partial charge in [0.15, 0.2) is 0 Å². The number of benzene rings is 1. The van der Waals surface area contributed by atoms with E-state index < -0.39 is 0 Å². The Balaban J connectivity index is 2.17. The lowest BCUT2D eigenvalue weighted by molar-refractivity contribution is 0.462. The van der Waals surface area contributed by atoms with Crippen LogP contribution >= 0.6 is 28.1 Å². The lowest BCUT2D eigenvalue weighted by Crippen LogP contribution is -2.24. The predicted octanol–water partition coefficient (Wildman–Crippen LogP) is 3.83. The molecule has 0 aromatic heterocycles. The van der Waals surface area contributed by atoms with Crippen molar-refractivity contribution < 1.29 is 0 Å². The molecule has 1 aromatic rings. The molecule has 1 saturated carbocycles. The summed E-state index contributed by atoms with van der Waals surface area (Å²) in [6.45, 7) is 0. The molecular weight excluding hydrogens is 296 g/mol. The summed E-state index contributed by atoms with van der Waals surface area (Å²) in [6.07, 6.45) is 6.47. The minimum absolute atomic E-state index is 0.454. The highest BCUT2D eigenvalue weighted by molar-refractivity contribution is 9.10. The third-order valence-corrected chi connectivity index (χ3v) is 3.93. The molecule has 0 spiro atoms. The Morgan fingerprint density at radius 2 is 2.00 bits per heavy atom. The van der Waals surface area contributed by atoms with Crippen molar-refractivity contribution in [2.24, 2.45) is 5.73 Å². The summed E-state index contributed by atoms with van der Waals surface area (Å²) in [7, 11) is 0. The zero-order chi connectivity index (χ0) is 12.3. The molecule has 1 aliphatic carbocycles. The third-order valence-electron chi connectivity index (χ3n) is 3.21. The van der Waals surface area contributed by atoms with Crippen LogP contribution in [-0.2, 0) is 0 Å². The minimum Gasteiger partial charge on any atom is -0.389 e. The molecule has 4 heteroatoms. The van der Waals surface area contributed by atoms with E-state index in [1.54, 1.807) is 0 Å². The number of hydrogen-bond acceptors (Lipinski definition) is 2. The zero-order valence-corrected chi connectivity index (χ0v) is 12.1. The maximum Gasteiger partial charge on any atom is 0.106 e. The first-order valence-corrected chi connectivity index (χ1v) is 7.23. The molecular formula is C13H17BrN2S. The Morgan fingerprint density at radius 3 is 2.65 bits per heavy atom. The Hall–Kier alpha value is -0.610. The Kier molecular flexibility index (Phi) is 4.40. The van der Waals surface area contributed by atoms with E-state index in [9.17, 15) is 0 Å². The second-order valence-electron chi connectivity index (χ2n) is 4.53. The summed E-state index contributed by atoms with van der Waals surface area (Å²) in [5.74, 6) is 0. The van der Waals surface area contributed by atoms with Crippen LogP contribution in [0.3, 0.4) is 0 Å². The molecule has 1 fully saturated rings. The standard InChI is InChI=1S/C13H17BrN2S/c14-9-6-7-11(13(15)17)12(8-9)16-10-4-2-1-3-5-10/h6-8,10,16H,1-5H2,(H2,15,17). The average Bonchev–Trinajstić information content (AvgIpc) is 2.30. The molecule has 0 bridgehead atoms. The van der Waals surface area contributed by atoms with Gasteiger partial charge in [0.25, 0.3) is 0 Å². The van der Waals surface area contributed by atoms with Crippen LogP contribution in [0.1, 0.15) is 37.7 Å². The Bertz CT molecular complexity index is 414. The molecule has 0 aliphatic heterocycles. The van der Waals surface area contributed by atoms with Crippen molar-refractivity contribution in [1.82, 2.24) is 0 Å². The summed E-state index contributed by atoms with van der Waals surface area (Å²) in [6, 6.07) is 6.56. The zero-order valence-electron chi connectivity index (χ0n) is 9.71. The van der Waals surface area contributed by atoms with Gasteiger partial charge in [0.2, 0.25) is 0 Å². The summed E-state index contributed by atoms with van der Waals surface area (Å²) in [4.78, 5) is 0.454. The molecule has 3 N–H and O–H groups in total. The normalized spacial score (nSPS) is 16.8. The van der Waals surface area contributed by atoms with Crippen LogP contribution in [0.15, 0.2) is 22.7 Å². The average molecular weight is 313 g/mol. The van der Waals surface area contributed by atoms with Gasteiger partial charge in [0.1, 0.15) is 4.99 Å². The third kappa shape index (κ3) is 3.42. The maximum absolute atomic E-state index is 5.75. The van der Waals surface area contributed by atoms with Crippen LogP contribution in [-0.4, -0.2) is 11.0 Å². The molecule has 0 unspecified atom stereocenters. The topological polar surface area (TPSA) is 38.0 Å². The number of halogens is 1. The molecule has 2 nitrogen and oxygen atoms in total. The highest BCUT2D eigenvalue weighted by Crippen LogP contribution is 2.26. The number of rotatable bonds is 3. The smallest absolute Gasteiger partial charge is 0.106 e. The lowest BCUT2D eigenvalue weighted by atomic mass is 9.95. The van der Waals surface area contributed by atoms with E-state index in [0.717, 1.165) is 15.7 Å². The molecule has 2 rings (SSSR count). The van der Waals surface area contributed by atoms with Gasteiger partial charge in [-0.1, -0.05) is 47.4 Å². The van der Waals surface area contributed by atoms with E-state index in [2.05, 4.69) is 27.3 Å². The SMILES string of the molecule is NC(=S)c1ccc(Br)cc1NC1CCCCC1. The first kappa shape index (κ1) is 12.8. The fourth-order valence-electron chi connectivity index (χ4n) is 2.32. The van der Waals surface area contributed by atoms with Crippen LogP contribution in [0.5, 0.6) is 0 Å². The summed E-state index contributed by atoms with van der Waals surface area (Å²) >= 11 is 8.57. The molecule has 92 valence electrons. The first-order valence-electron chi connectivity index (χ1n) is 6.02.